The third kappa shape index (κ3) is 1.55. The molecule has 0 radical (unpaired) electrons. The summed E-state index contributed by atoms with van der Waals surface area (Å²) in [5.74, 6) is 0.869. The van der Waals surface area contributed by atoms with Crippen LogP contribution in [0.5, 0.6) is 0 Å². The van der Waals surface area contributed by atoms with Crippen molar-refractivity contribution in [1.29, 1.82) is 0 Å². The summed E-state index contributed by atoms with van der Waals surface area (Å²) in [7, 11) is 0. The number of rotatable bonds is 2. The molecule has 3 rings (SSSR count). The first-order valence-corrected chi connectivity index (χ1v) is 5.83. The molecule has 0 fully saturated rings. The molecule has 3 aromatic rings. The maximum absolute atomic E-state index is 5.27. The van der Waals surface area contributed by atoms with E-state index < -0.39 is 0 Å². The zero-order valence-electron chi connectivity index (χ0n) is 9.95. The molecule has 86 valence electrons. The van der Waals surface area contributed by atoms with E-state index in [1.807, 2.05) is 19.1 Å². The molecule has 3 nitrogen and oxygen atoms in total. The van der Waals surface area contributed by atoms with Crippen molar-refractivity contribution < 1.29 is 4.52 Å². The average molecular weight is 226 g/mol. The Balaban J connectivity index is 2.23. The summed E-state index contributed by atoms with van der Waals surface area (Å²) in [6.45, 7) is 4.04. The van der Waals surface area contributed by atoms with Crippen molar-refractivity contribution in [3.05, 3.63) is 41.8 Å². The van der Waals surface area contributed by atoms with Crippen molar-refractivity contribution >= 4 is 10.9 Å². The Morgan fingerprint density at radius 3 is 2.88 bits per heavy atom. The molecule has 2 aromatic heterocycles. The van der Waals surface area contributed by atoms with Crippen LogP contribution < -0.4 is 0 Å². The molecule has 1 N–H and O–H groups in total. The number of fused-ring (bicyclic) bond motifs is 1. The Kier molecular flexibility index (Phi) is 2.25. The summed E-state index contributed by atoms with van der Waals surface area (Å²) in [6, 6.07) is 10.4. The molecule has 0 aliphatic heterocycles. The van der Waals surface area contributed by atoms with E-state index in [2.05, 4.69) is 35.3 Å². The van der Waals surface area contributed by atoms with Crippen molar-refractivity contribution in [3.63, 3.8) is 0 Å². The summed E-state index contributed by atoms with van der Waals surface area (Å²) >= 11 is 0. The van der Waals surface area contributed by atoms with Crippen LogP contribution in [0.3, 0.4) is 0 Å². The lowest BCUT2D eigenvalue weighted by atomic mass is 10.1. The highest BCUT2D eigenvalue weighted by Crippen LogP contribution is 2.29. The minimum Gasteiger partial charge on any atom is -0.361 e. The van der Waals surface area contributed by atoms with Gasteiger partial charge >= 0.3 is 0 Å². The first kappa shape index (κ1) is 10.1. The van der Waals surface area contributed by atoms with E-state index in [1.165, 1.54) is 5.39 Å². The van der Waals surface area contributed by atoms with E-state index in [0.717, 1.165) is 34.6 Å². The van der Waals surface area contributed by atoms with Crippen LogP contribution in [0.4, 0.5) is 0 Å². The van der Waals surface area contributed by atoms with Gasteiger partial charge in [0.15, 0.2) is 0 Å². The largest absolute Gasteiger partial charge is 0.361 e. The fourth-order valence-electron chi connectivity index (χ4n) is 2.21. The molecule has 2 heterocycles. The van der Waals surface area contributed by atoms with Gasteiger partial charge in [0.05, 0.1) is 17.0 Å². The third-order valence-electron chi connectivity index (χ3n) is 3.07. The average Bonchev–Trinajstić information content (AvgIpc) is 2.91. The zero-order chi connectivity index (χ0) is 11.8. The van der Waals surface area contributed by atoms with Crippen LogP contribution in [-0.4, -0.2) is 10.1 Å². The molecule has 0 amide bonds. The lowest BCUT2D eigenvalue weighted by molar-refractivity contribution is 0.391. The summed E-state index contributed by atoms with van der Waals surface area (Å²) in [4.78, 5) is 3.41. The summed E-state index contributed by atoms with van der Waals surface area (Å²) < 4.78 is 5.27. The van der Waals surface area contributed by atoms with Gasteiger partial charge in [-0.1, -0.05) is 30.3 Å². The highest BCUT2D eigenvalue weighted by Gasteiger charge is 2.15. The van der Waals surface area contributed by atoms with Crippen LogP contribution >= 0.6 is 0 Å². The number of nitrogens with one attached hydrogen (secondary N) is 1. The van der Waals surface area contributed by atoms with Gasteiger partial charge in [-0.25, -0.2) is 0 Å². The highest BCUT2D eigenvalue weighted by molar-refractivity contribution is 5.86. The number of hydrogen-bond donors (Lipinski definition) is 1. The van der Waals surface area contributed by atoms with Crippen molar-refractivity contribution in [2.45, 2.75) is 20.3 Å². The summed E-state index contributed by atoms with van der Waals surface area (Å²) in [5, 5.41) is 5.30. The van der Waals surface area contributed by atoms with Gasteiger partial charge in [0.2, 0.25) is 0 Å². The molecule has 17 heavy (non-hydrogen) atoms. The predicted octanol–water partition coefficient (Wildman–Crippen LogP) is 3.69. The van der Waals surface area contributed by atoms with Gasteiger partial charge in [-0.05, 0) is 25.5 Å². The molecule has 0 saturated heterocycles. The van der Waals surface area contributed by atoms with Gasteiger partial charge in [0.25, 0.3) is 0 Å². The Morgan fingerprint density at radius 1 is 1.29 bits per heavy atom. The third-order valence-corrected chi connectivity index (χ3v) is 3.07. The van der Waals surface area contributed by atoms with Crippen molar-refractivity contribution in [2.75, 3.05) is 0 Å². The van der Waals surface area contributed by atoms with Crippen molar-refractivity contribution in [1.82, 2.24) is 10.1 Å². The zero-order valence-corrected chi connectivity index (χ0v) is 9.95. The molecule has 1 aromatic carbocycles. The molecule has 0 spiro atoms. The number of aromatic nitrogens is 2. The molecular formula is C14H14N2O. The predicted molar refractivity (Wildman–Crippen MR) is 67.9 cm³/mol. The van der Waals surface area contributed by atoms with E-state index in [9.17, 15) is 0 Å². The number of para-hydroxylation sites is 1. The lowest BCUT2D eigenvalue weighted by Gasteiger charge is -1.96. The standard InChI is InChI=1S/C14H14N2O/c1-3-11-14(9(2)17-16-11)13-8-10-6-4-5-7-12(10)15-13/h4-8,15H,3H2,1-2H3. The number of aromatic amines is 1. The molecule has 3 heteroatoms. The first-order chi connectivity index (χ1) is 8.29. The maximum Gasteiger partial charge on any atom is 0.143 e. The second-order valence-corrected chi connectivity index (χ2v) is 4.18. The number of hydrogen-bond acceptors (Lipinski definition) is 2. The van der Waals surface area contributed by atoms with Crippen molar-refractivity contribution in [3.8, 4) is 11.3 Å². The molecule has 0 bridgehead atoms. The fraction of sp³-hybridized carbons (Fsp3) is 0.214. The van der Waals surface area contributed by atoms with Gasteiger partial charge in [-0.2, -0.15) is 0 Å². The Hall–Kier alpha value is -2.03. The molecule has 0 aliphatic rings. The van der Waals surface area contributed by atoms with Crippen LogP contribution in [0.15, 0.2) is 34.9 Å². The van der Waals surface area contributed by atoms with E-state index >= 15 is 0 Å². The van der Waals surface area contributed by atoms with Gasteiger partial charge in [0.1, 0.15) is 5.76 Å². The van der Waals surface area contributed by atoms with E-state index in [-0.39, 0.29) is 0 Å². The van der Waals surface area contributed by atoms with Crippen LogP contribution in [0.25, 0.3) is 22.2 Å². The fourth-order valence-corrected chi connectivity index (χ4v) is 2.21. The van der Waals surface area contributed by atoms with E-state index in [1.54, 1.807) is 0 Å². The topological polar surface area (TPSA) is 41.8 Å². The quantitative estimate of drug-likeness (QED) is 0.724. The van der Waals surface area contributed by atoms with Gasteiger partial charge in [-0.15, -0.1) is 0 Å². The van der Waals surface area contributed by atoms with Crippen LogP contribution in [-0.2, 0) is 6.42 Å². The Morgan fingerprint density at radius 2 is 2.12 bits per heavy atom. The van der Waals surface area contributed by atoms with Crippen LogP contribution in [0.1, 0.15) is 18.4 Å². The minimum atomic E-state index is 0.869. The maximum atomic E-state index is 5.27. The number of benzene rings is 1. The number of nitrogens with zero attached hydrogens (tertiary/aromatic N) is 1. The lowest BCUT2D eigenvalue weighted by Crippen LogP contribution is -1.85. The SMILES string of the molecule is CCc1noc(C)c1-c1cc2ccccc2[nH]1. The smallest absolute Gasteiger partial charge is 0.143 e. The Bertz CT molecular complexity index is 631. The van der Waals surface area contributed by atoms with Crippen molar-refractivity contribution in [2.24, 2.45) is 0 Å². The van der Waals surface area contributed by atoms with E-state index in [4.69, 9.17) is 4.52 Å². The van der Waals surface area contributed by atoms with E-state index in [0.29, 0.717) is 0 Å². The molecule has 0 saturated carbocycles. The Labute approximate surface area is 99.4 Å². The van der Waals surface area contributed by atoms with Gasteiger partial charge in [-0.3, -0.25) is 0 Å². The molecule has 0 atom stereocenters. The van der Waals surface area contributed by atoms with Gasteiger partial charge < -0.3 is 9.51 Å². The summed E-state index contributed by atoms with van der Waals surface area (Å²) in [6.07, 6.45) is 0.877. The minimum absolute atomic E-state index is 0.869. The molecular weight excluding hydrogens is 212 g/mol. The number of aryl methyl sites for hydroxylation is 2. The molecule has 0 unspecified atom stereocenters. The molecule has 0 aliphatic carbocycles. The van der Waals surface area contributed by atoms with Gasteiger partial charge in [0, 0.05) is 10.9 Å². The summed E-state index contributed by atoms with van der Waals surface area (Å²) in [5.41, 5.74) is 4.34. The van der Waals surface area contributed by atoms with Crippen LogP contribution in [0.2, 0.25) is 0 Å². The second kappa shape index (κ2) is 3.77. The normalized spacial score (nSPS) is 11.2. The number of H-pyrrole nitrogens is 1. The monoisotopic (exact) mass is 226 g/mol. The first-order valence-electron chi connectivity index (χ1n) is 5.83. The van der Waals surface area contributed by atoms with Crippen LogP contribution in [0, 0.1) is 6.92 Å². The highest BCUT2D eigenvalue weighted by atomic mass is 16.5. The second-order valence-electron chi connectivity index (χ2n) is 4.18.